The van der Waals surface area contributed by atoms with Gasteiger partial charge >= 0.3 is 0 Å². The van der Waals surface area contributed by atoms with Gasteiger partial charge in [0.15, 0.2) is 0 Å². The molecule has 0 aromatic heterocycles. The highest BCUT2D eigenvalue weighted by atomic mass is 19.1. The van der Waals surface area contributed by atoms with E-state index >= 15 is 0 Å². The predicted octanol–water partition coefficient (Wildman–Crippen LogP) is 3.69. The molecule has 35 heavy (non-hydrogen) atoms. The second-order valence-corrected chi connectivity index (χ2v) is 9.22. The monoisotopic (exact) mass is 477 g/mol. The van der Waals surface area contributed by atoms with E-state index < -0.39 is 17.2 Å². The van der Waals surface area contributed by atoms with Gasteiger partial charge in [0, 0.05) is 25.7 Å². The average Bonchev–Trinajstić information content (AvgIpc) is 3.18. The lowest BCUT2D eigenvalue weighted by Crippen LogP contribution is -2.65. The molecule has 2 fully saturated rings. The zero-order valence-electron chi connectivity index (χ0n) is 19.5. The Hall–Kier alpha value is -3.13. The van der Waals surface area contributed by atoms with Gasteiger partial charge in [-0.3, -0.25) is 9.69 Å². The highest BCUT2D eigenvalue weighted by molar-refractivity contribution is 5.81. The number of carbonyl (C=O) groups is 1. The van der Waals surface area contributed by atoms with E-state index in [4.69, 9.17) is 4.74 Å². The number of ether oxygens (including phenoxy) is 1. The van der Waals surface area contributed by atoms with Gasteiger partial charge in [-0.25, -0.2) is 8.78 Å². The lowest BCUT2D eigenvalue weighted by atomic mass is 9.86. The molecule has 0 radical (unpaired) electrons. The number of benzene rings is 3. The lowest BCUT2D eigenvalue weighted by Gasteiger charge is -2.49. The Morgan fingerprint density at radius 3 is 2.29 bits per heavy atom. The number of amides is 1. The molecule has 0 saturated carbocycles. The number of hydrogen-bond acceptors (Lipinski definition) is 4. The van der Waals surface area contributed by atoms with Crippen LogP contribution in [0.1, 0.15) is 16.7 Å². The van der Waals surface area contributed by atoms with E-state index in [1.807, 2.05) is 65.6 Å². The molecule has 2 heterocycles. The van der Waals surface area contributed by atoms with Gasteiger partial charge in [-0.05, 0) is 35.2 Å². The third kappa shape index (κ3) is 4.98. The first-order valence-electron chi connectivity index (χ1n) is 11.9. The lowest BCUT2D eigenvalue weighted by molar-refractivity contribution is -0.128. The third-order valence-electron chi connectivity index (χ3n) is 6.95. The molecule has 1 N–H and O–H groups in total. The molecule has 0 aliphatic carbocycles. The standard InChI is InChI=1S/C28H29F2N3O2/c29-24-13-23(14-25(30)15-24)28(20-35-12-11-21-7-3-1-4-8-21)19-31-16-26-32(27(34)18-33(26)28)17-22-9-5-2-6-10-22/h1-10,13-15,26,31H,11-12,16-20H2. The van der Waals surface area contributed by atoms with Gasteiger partial charge in [-0.2, -0.15) is 0 Å². The Morgan fingerprint density at radius 1 is 0.943 bits per heavy atom. The van der Waals surface area contributed by atoms with Crippen LogP contribution in [0.5, 0.6) is 0 Å². The van der Waals surface area contributed by atoms with Crippen molar-refractivity contribution >= 4 is 5.91 Å². The van der Waals surface area contributed by atoms with Crippen molar-refractivity contribution < 1.29 is 18.3 Å². The molecular formula is C28H29F2N3O2. The number of rotatable bonds is 8. The maximum atomic E-state index is 14.4. The molecular weight excluding hydrogens is 448 g/mol. The second kappa shape index (κ2) is 10.2. The van der Waals surface area contributed by atoms with Crippen LogP contribution in [0.15, 0.2) is 78.9 Å². The van der Waals surface area contributed by atoms with E-state index in [0.29, 0.717) is 31.8 Å². The SMILES string of the molecule is O=C1CN2C(CNCC2(COCCc2ccccc2)c2cc(F)cc(F)c2)N1Cc1ccccc1. The maximum absolute atomic E-state index is 14.4. The first kappa shape index (κ1) is 23.6. The van der Waals surface area contributed by atoms with Crippen molar-refractivity contribution in [2.75, 3.05) is 32.8 Å². The summed E-state index contributed by atoms with van der Waals surface area (Å²) in [6.07, 6.45) is 0.477. The quantitative estimate of drug-likeness (QED) is 0.503. The molecule has 1 amide bonds. The van der Waals surface area contributed by atoms with E-state index in [9.17, 15) is 13.6 Å². The Balaban J connectivity index is 1.42. The van der Waals surface area contributed by atoms with E-state index in [2.05, 4.69) is 10.2 Å². The number of piperazine rings is 1. The maximum Gasteiger partial charge on any atom is 0.238 e. The molecule has 3 aromatic carbocycles. The first-order valence-corrected chi connectivity index (χ1v) is 11.9. The van der Waals surface area contributed by atoms with Crippen LogP contribution in [0.4, 0.5) is 8.78 Å². The Morgan fingerprint density at radius 2 is 1.60 bits per heavy atom. The number of fused-ring (bicyclic) bond motifs is 1. The van der Waals surface area contributed by atoms with Gasteiger partial charge in [0.1, 0.15) is 11.6 Å². The van der Waals surface area contributed by atoms with Crippen molar-refractivity contribution in [1.82, 2.24) is 15.1 Å². The minimum atomic E-state index is -0.885. The highest BCUT2D eigenvalue weighted by Crippen LogP contribution is 2.38. The smallest absolute Gasteiger partial charge is 0.238 e. The molecule has 2 aliphatic rings. The molecule has 2 atom stereocenters. The van der Waals surface area contributed by atoms with Gasteiger partial charge in [0.25, 0.3) is 0 Å². The van der Waals surface area contributed by atoms with Crippen LogP contribution in [-0.4, -0.2) is 54.7 Å². The molecule has 2 unspecified atom stereocenters. The molecule has 3 aromatic rings. The van der Waals surface area contributed by atoms with Crippen molar-refractivity contribution in [3.63, 3.8) is 0 Å². The molecule has 7 heteroatoms. The van der Waals surface area contributed by atoms with E-state index in [1.165, 1.54) is 12.1 Å². The third-order valence-corrected chi connectivity index (χ3v) is 6.95. The van der Waals surface area contributed by atoms with Crippen LogP contribution >= 0.6 is 0 Å². The number of hydrogen-bond donors (Lipinski definition) is 1. The summed E-state index contributed by atoms with van der Waals surface area (Å²) in [5.74, 6) is -1.29. The molecule has 182 valence electrons. The topological polar surface area (TPSA) is 44.8 Å². The van der Waals surface area contributed by atoms with E-state index in [1.54, 1.807) is 0 Å². The summed E-state index contributed by atoms with van der Waals surface area (Å²) in [7, 11) is 0. The highest BCUT2D eigenvalue weighted by Gasteiger charge is 2.52. The van der Waals surface area contributed by atoms with Gasteiger partial charge in [0.05, 0.1) is 31.5 Å². The fourth-order valence-corrected chi connectivity index (χ4v) is 5.20. The number of carbonyl (C=O) groups excluding carboxylic acids is 1. The number of halogens is 2. The molecule has 0 bridgehead atoms. The number of nitrogens with zero attached hydrogens (tertiary/aromatic N) is 2. The Bertz CT molecular complexity index is 1140. The fraction of sp³-hybridized carbons (Fsp3) is 0.321. The van der Waals surface area contributed by atoms with E-state index in [0.717, 1.165) is 23.6 Å². The average molecular weight is 478 g/mol. The van der Waals surface area contributed by atoms with Gasteiger partial charge < -0.3 is 15.0 Å². The number of nitrogens with one attached hydrogen (secondary N) is 1. The zero-order valence-corrected chi connectivity index (χ0v) is 19.5. The largest absolute Gasteiger partial charge is 0.379 e. The van der Waals surface area contributed by atoms with Crippen molar-refractivity contribution in [2.45, 2.75) is 24.7 Å². The van der Waals surface area contributed by atoms with Crippen molar-refractivity contribution in [2.24, 2.45) is 0 Å². The van der Waals surface area contributed by atoms with Crippen molar-refractivity contribution in [3.8, 4) is 0 Å². The summed E-state index contributed by atoms with van der Waals surface area (Å²) in [5.41, 5.74) is 1.78. The Kier molecular flexibility index (Phi) is 6.90. The summed E-state index contributed by atoms with van der Waals surface area (Å²) < 4.78 is 34.9. The summed E-state index contributed by atoms with van der Waals surface area (Å²) >= 11 is 0. The van der Waals surface area contributed by atoms with Crippen LogP contribution in [0.25, 0.3) is 0 Å². The fourth-order valence-electron chi connectivity index (χ4n) is 5.20. The van der Waals surface area contributed by atoms with Crippen molar-refractivity contribution in [3.05, 3.63) is 107 Å². The minimum Gasteiger partial charge on any atom is -0.379 e. The summed E-state index contributed by atoms with van der Waals surface area (Å²) in [6, 6.07) is 23.5. The van der Waals surface area contributed by atoms with Crippen LogP contribution in [0.3, 0.4) is 0 Å². The zero-order chi connectivity index (χ0) is 24.3. The normalized spacial score (nSPS) is 22.4. The molecule has 5 rings (SSSR count). The molecule has 2 aliphatic heterocycles. The Labute approximate surface area is 204 Å². The minimum absolute atomic E-state index is 0.00640. The summed E-state index contributed by atoms with van der Waals surface area (Å²) in [6.45, 7) is 2.30. The first-order chi connectivity index (χ1) is 17.0. The van der Waals surface area contributed by atoms with E-state index in [-0.39, 0.29) is 25.2 Å². The predicted molar refractivity (Wildman–Crippen MR) is 129 cm³/mol. The van der Waals surface area contributed by atoms with Crippen LogP contribution in [0, 0.1) is 11.6 Å². The molecule has 2 saturated heterocycles. The van der Waals surface area contributed by atoms with Crippen molar-refractivity contribution in [1.29, 1.82) is 0 Å². The van der Waals surface area contributed by atoms with Crippen LogP contribution in [0.2, 0.25) is 0 Å². The van der Waals surface area contributed by atoms with Gasteiger partial charge in [0.2, 0.25) is 5.91 Å². The van der Waals surface area contributed by atoms with Gasteiger partial charge in [-0.15, -0.1) is 0 Å². The second-order valence-electron chi connectivity index (χ2n) is 9.22. The summed E-state index contributed by atoms with van der Waals surface area (Å²) in [4.78, 5) is 17.1. The molecule has 5 nitrogen and oxygen atoms in total. The summed E-state index contributed by atoms with van der Waals surface area (Å²) in [5, 5.41) is 3.42. The van der Waals surface area contributed by atoms with Gasteiger partial charge in [-0.1, -0.05) is 60.7 Å². The van der Waals surface area contributed by atoms with Crippen LogP contribution in [-0.2, 0) is 28.0 Å². The molecule has 0 spiro atoms. The van der Waals surface area contributed by atoms with Crippen LogP contribution < -0.4 is 5.32 Å².